The van der Waals surface area contributed by atoms with E-state index in [0.29, 0.717) is 5.69 Å². The first-order chi connectivity index (χ1) is 9.18. The molecule has 19 heavy (non-hydrogen) atoms. The molecule has 0 aliphatic heterocycles. The lowest BCUT2D eigenvalue weighted by Gasteiger charge is -2.20. The number of hydrogen-bond acceptors (Lipinski definition) is 4. The van der Waals surface area contributed by atoms with Crippen molar-refractivity contribution >= 4 is 17.6 Å². The molecule has 0 saturated carbocycles. The fourth-order valence-corrected chi connectivity index (χ4v) is 1.57. The third-order valence-electron chi connectivity index (χ3n) is 2.39. The molecule has 0 bridgehead atoms. The SMILES string of the molecule is O=C(O)CN(C(=O)c1cnccn1)c1ccccc1. The van der Waals surface area contributed by atoms with Gasteiger partial charge in [0.2, 0.25) is 0 Å². The van der Waals surface area contributed by atoms with Gasteiger partial charge in [-0.05, 0) is 12.1 Å². The van der Waals surface area contributed by atoms with Crippen molar-refractivity contribution < 1.29 is 14.7 Å². The van der Waals surface area contributed by atoms with E-state index in [4.69, 9.17) is 5.11 Å². The zero-order chi connectivity index (χ0) is 13.7. The Balaban J connectivity index is 2.33. The minimum atomic E-state index is -1.10. The zero-order valence-corrected chi connectivity index (χ0v) is 9.93. The molecular weight excluding hydrogens is 246 g/mol. The quantitative estimate of drug-likeness (QED) is 0.890. The number of carbonyl (C=O) groups is 2. The van der Waals surface area contributed by atoms with Crippen molar-refractivity contribution in [1.82, 2.24) is 9.97 Å². The normalized spacial score (nSPS) is 9.89. The maximum atomic E-state index is 12.2. The molecule has 0 aliphatic carbocycles. The molecule has 1 N–H and O–H groups in total. The zero-order valence-electron chi connectivity index (χ0n) is 9.93. The molecule has 2 rings (SSSR count). The van der Waals surface area contributed by atoms with E-state index >= 15 is 0 Å². The minimum Gasteiger partial charge on any atom is -0.480 e. The molecule has 0 radical (unpaired) electrons. The van der Waals surface area contributed by atoms with Crippen LogP contribution in [0.4, 0.5) is 5.69 Å². The number of carbonyl (C=O) groups excluding carboxylic acids is 1. The predicted molar refractivity (Wildman–Crippen MR) is 67.8 cm³/mol. The van der Waals surface area contributed by atoms with E-state index in [1.54, 1.807) is 30.3 Å². The van der Waals surface area contributed by atoms with Crippen LogP contribution >= 0.6 is 0 Å². The molecule has 2 aromatic rings. The molecule has 96 valence electrons. The number of benzene rings is 1. The minimum absolute atomic E-state index is 0.104. The monoisotopic (exact) mass is 257 g/mol. The summed E-state index contributed by atoms with van der Waals surface area (Å²) in [5.74, 6) is -1.59. The van der Waals surface area contributed by atoms with Gasteiger partial charge >= 0.3 is 5.97 Å². The van der Waals surface area contributed by atoms with Gasteiger partial charge < -0.3 is 5.11 Å². The van der Waals surface area contributed by atoms with Crippen LogP contribution in [0.15, 0.2) is 48.9 Å². The average molecular weight is 257 g/mol. The first kappa shape index (κ1) is 12.7. The topological polar surface area (TPSA) is 83.4 Å². The van der Waals surface area contributed by atoms with Crippen molar-refractivity contribution in [3.05, 3.63) is 54.6 Å². The van der Waals surface area contributed by atoms with E-state index < -0.39 is 18.4 Å². The van der Waals surface area contributed by atoms with Gasteiger partial charge in [-0.3, -0.25) is 19.5 Å². The Labute approximate surface area is 109 Å². The number of carboxylic acid groups (broad SMARTS) is 1. The van der Waals surface area contributed by atoms with Gasteiger partial charge in [-0.1, -0.05) is 18.2 Å². The van der Waals surface area contributed by atoms with Crippen molar-refractivity contribution in [1.29, 1.82) is 0 Å². The lowest BCUT2D eigenvalue weighted by atomic mass is 10.2. The molecule has 0 fully saturated rings. The number of nitrogens with zero attached hydrogens (tertiary/aromatic N) is 3. The predicted octanol–water partition coefficient (Wildman–Crippen LogP) is 1.21. The molecule has 0 unspecified atom stereocenters. The molecule has 0 spiro atoms. The van der Waals surface area contributed by atoms with E-state index in [2.05, 4.69) is 9.97 Å². The highest BCUT2D eigenvalue weighted by molar-refractivity contribution is 6.06. The second-order valence-corrected chi connectivity index (χ2v) is 3.71. The number of anilines is 1. The summed E-state index contributed by atoms with van der Waals surface area (Å²) in [6.07, 6.45) is 4.14. The Bertz CT molecular complexity index is 572. The number of amides is 1. The van der Waals surface area contributed by atoms with Gasteiger partial charge in [0.05, 0.1) is 6.20 Å². The van der Waals surface area contributed by atoms with Crippen molar-refractivity contribution in [3.8, 4) is 0 Å². The Morgan fingerprint density at radius 2 is 1.89 bits per heavy atom. The van der Waals surface area contributed by atoms with E-state index in [0.717, 1.165) is 4.90 Å². The summed E-state index contributed by atoms with van der Waals surface area (Å²) in [5, 5.41) is 8.91. The molecule has 6 nitrogen and oxygen atoms in total. The maximum Gasteiger partial charge on any atom is 0.323 e. The second kappa shape index (κ2) is 5.72. The van der Waals surface area contributed by atoms with Crippen LogP contribution in [0, 0.1) is 0 Å². The van der Waals surface area contributed by atoms with E-state index in [9.17, 15) is 9.59 Å². The summed E-state index contributed by atoms with van der Waals surface area (Å²) in [5.41, 5.74) is 0.605. The van der Waals surface area contributed by atoms with Gasteiger partial charge in [0.1, 0.15) is 12.2 Å². The average Bonchev–Trinajstić information content (AvgIpc) is 2.46. The molecular formula is C13H11N3O3. The molecule has 1 aromatic heterocycles. The smallest absolute Gasteiger partial charge is 0.323 e. The van der Waals surface area contributed by atoms with Gasteiger partial charge in [-0.15, -0.1) is 0 Å². The molecule has 0 aliphatic rings. The van der Waals surface area contributed by atoms with Gasteiger partial charge in [0.15, 0.2) is 0 Å². The summed E-state index contributed by atoms with van der Waals surface area (Å²) in [6.45, 7) is -0.431. The van der Waals surface area contributed by atoms with Gasteiger partial charge in [-0.2, -0.15) is 0 Å². The Morgan fingerprint density at radius 3 is 2.47 bits per heavy atom. The molecule has 0 atom stereocenters. The standard InChI is InChI=1S/C13H11N3O3/c17-12(18)9-16(10-4-2-1-3-5-10)13(19)11-8-14-6-7-15-11/h1-8H,9H2,(H,17,18). The van der Waals surface area contributed by atoms with Crippen LogP contribution in [0.25, 0.3) is 0 Å². The summed E-state index contributed by atoms with van der Waals surface area (Å²) in [6, 6.07) is 8.58. The molecule has 6 heteroatoms. The van der Waals surface area contributed by atoms with Crippen LogP contribution in [0.3, 0.4) is 0 Å². The van der Waals surface area contributed by atoms with Crippen LogP contribution in [0.2, 0.25) is 0 Å². The molecule has 1 aromatic carbocycles. The Kier molecular flexibility index (Phi) is 3.82. The number of aliphatic carboxylic acids is 1. The van der Waals surface area contributed by atoms with Gasteiger partial charge in [0, 0.05) is 18.1 Å². The highest BCUT2D eigenvalue weighted by Gasteiger charge is 2.21. The number of aromatic nitrogens is 2. The van der Waals surface area contributed by atoms with E-state index in [1.807, 2.05) is 0 Å². The first-order valence-corrected chi connectivity index (χ1v) is 5.53. The fourth-order valence-electron chi connectivity index (χ4n) is 1.57. The molecule has 0 saturated heterocycles. The van der Waals surface area contributed by atoms with Crippen molar-refractivity contribution in [2.75, 3.05) is 11.4 Å². The van der Waals surface area contributed by atoms with Gasteiger partial charge in [0.25, 0.3) is 5.91 Å². The third-order valence-corrected chi connectivity index (χ3v) is 2.39. The van der Waals surface area contributed by atoms with Crippen molar-refractivity contribution in [2.45, 2.75) is 0 Å². The molecule has 1 heterocycles. The summed E-state index contributed by atoms with van der Waals surface area (Å²) in [7, 11) is 0. The fraction of sp³-hybridized carbons (Fsp3) is 0.0769. The lowest BCUT2D eigenvalue weighted by Crippen LogP contribution is -2.36. The highest BCUT2D eigenvalue weighted by Crippen LogP contribution is 2.15. The van der Waals surface area contributed by atoms with Crippen molar-refractivity contribution in [3.63, 3.8) is 0 Å². The van der Waals surface area contributed by atoms with Crippen LogP contribution in [-0.2, 0) is 4.79 Å². The number of para-hydroxylation sites is 1. The number of hydrogen-bond donors (Lipinski definition) is 1. The summed E-state index contributed by atoms with van der Waals surface area (Å²) >= 11 is 0. The largest absolute Gasteiger partial charge is 0.480 e. The summed E-state index contributed by atoms with van der Waals surface area (Å²) in [4.78, 5) is 32.0. The second-order valence-electron chi connectivity index (χ2n) is 3.71. The first-order valence-electron chi connectivity index (χ1n) is 5.53. The molecule has 1 amide bonds. The third kappa shape index (κ3) is 3.12. The van der Waals surface area contributed by atoms with Crippen LogP contribution < -0.4 is 4.90 Å². The van der Waals surface area contributed by atoms with Crippen molar-refractivity contribution in [2.24, 2.45) is 0 Å². The van der Waals surface area contributed by atoms with E-state index in [-0.39, 0.29) is 5.69 Å². The summed E-state index contributed by atoms with van der Waals surface area (Å²) < 4.78 is 0. The number of carboxylic acids is 1. The highest BCUT2D eigenvalue weighted by atomic mass is 16.4. The Hall–Kier alpha value is -2.76. The van der Waals surface area contributed by atoms with Crippen LogP contribution in [0.5, 0.6) is 0 Å². The Morgan fingerprint density at radius 1 is 1.16 bits per heavy atom. The van der Waals surface area contributed by atoms with Crippen LogP contribution in [-0.4, -0.2) is 33.5 Å². The maximum absolute atomic E-state index is 12.2. The van der Waals surface area contributed by atoms with E-state index in [1.165, 1.54) is 18.6 Å². The van der Waals surface area contributed by atoms with Crippen LogP contribution in [0.1, 0.15) is 10.5 Å². The lowest BCUT2D eigenvalue weighted by molar-refractivity contribution is -0.135. The van der Waals surface area contributed by atoms with Gasteiger partial charge in [-0.25, -0.2) is 4.98 Å². The number of rotatable bonds is 4.